The first-order valence-electron chi connectivity index (χ1n) is 13.6. The zero-order valence-corrected chi connectivity index (χ0v) is 21.5. The largest absolute Gasteiger partial charge is 0.457 e. The number of para-hydroxylation sites is 1. The van der Waals surface area contributed by atoms with Crippen LogP contribution in [-0.2, 0) is 10.3 Å². The molecule has 1 fully saturated rings. The predicted octanol–water partition coefficient (Wildman–Crippen LogP) is 7.32. The van der Waals surface area contributed by atoms with E-state index in [9.17, 15) is 4.79 Å². The van der Waals surface area contributed by atoms with Crippen LogP contribution in [0.25, 0.3) is 0 Å². The second-order valence-electron chi connectivity index (χ2n) is 10.1. The standard InChI is InChI=1S/C33H36N2O2/c36-32(33(22-10-23-34-33)29-11-4-1-5-12-29)15-8-3-9-24-35-25-20-28(21-26-35)27-16-18-31(19-17-27)37-30-13-6-2-7-14-30/h1-2,4-7,10-14,16-19,22-23,28H,3,8-9,15,20-21,24-26H2. The molecule has 0 N–H and O–H groups in total. The zero-order chi connectivity index (χ0) is 25.3. The molecule has 0 radical (unpaired) electrons. The molecule has 0 aliphatic carbocycles. The Hall–Kier alpha value is -3.50. The van der Waals surface area contributed by atoms with Crippen molar-refractivity contribution >= 4 is 12.0 Å². The van der Waals surface area contributed by atoms with Gasteiger partial charge in [-0.15, -0.1) is 0 Å². The molecule has 4 nitrogen and oxygen atoms in total. The van der Waals surface area contributed by atoms with Gasteiger partial charge in [0.15, 0.2) is 11.3 Å². The van der Waals surface area contributed by atoms with Gasteiger partial charge in [0.25, 0.3) is 0 Å². The van der Waals surface area contributed by atoms with Gasteiger partial charge in [0.1, 0.15) is 11.5 Å². The third-order valence-electron chi connectivity index (χ3n) is 7.64. The molecule has 5 rings (SSSR count). The Morgan fingerprint density at radius 3 is 2.19 bits per heavy atom. The van der Waals surface area contributed by atoms with Crippen molar-refractivity contribution in [3.63, 3.8) is 0 Å². The first kappa shape index (κ1) is 25.2. The number of ketones is 1. The molecule has 1 saturated heterocycles. The second-order valence-corrected chi connectivity index (χ2v) is 10.1. The van der Waals surface area contributed by atoms with E-state index in [2.05, 4.69) is 34.2 Å². The normalized spacial score (nSPS) is 19.8. The number of allylic oxidation sites excluding steroid dienone is 1. The minimum absolute atomic E-state index is 0.199. The zero-order valence-electron chi connectivity index (χ0n) is 21.5. The smallest absolute Gasteiger partial charge is 0.168 e. The van der Waals surface area contributed by atoms with Crippen molar-refractivity contribution in [1.29, 1.82) is 0 Å². The van der Waals surface area contributed by atoms with Gasteiger partial charge in [-0.1, -0.05) is 67.1 Å². The number of hydrogen-bond acceptors (Lipinski definition) is 4. The number of hydrogen-bond donors (Lipinski definition) is 0. The summed E-state index contributed by atoms with van der Waals surface area (Å²) in [5, 5.41) is 0. The molecule has 4 heteroatoms. The highest BCUT2D eigenvalue weighted by molar-refractivity contribution is 5.96. The van der Waals surface area contributed by atoms with Crippen molar-refractivity contribution in [2.24, 2.45) is 4.99 Å². The van der Waals surface area contributed by atoms with Crippen LogP contribution in [0.1, 0.15) is 55.6 Å². The summed E-state index contributed by atoms with van der Waals surface area (Å²) in [5.74, 6) is 2.57. The molecule has 0 bridgehead atoms. The predicted molar refractivity (Wildman–Crippen MR) is 151 cm³/mol. The van der Waals surface area contributed by atoms with Gasteiger partial charge in [0.05, 0.1) is 0 Å². The van der Waals surface area contributed by atoms with E-state index in [1.54, 1.807) is 6.21 Å². The van der Waals surface area contributed by atoms with Gasteiger partial charge < -0.3 is 9.64 Å². The molecule has 190 valence electrons. The van der Waals surface area contributed by atoms with Crippen LogP contribution in [0.2, 0.25) is 0 Å². The molecule has 0 spiro atoms. The number of unbranched alkanes of at least 4 members (excludes halogenated alkanes) is 2. The van der Waals surface area contributed by atoms with Crippen molar-refractivity contribution in [2.45, 2.75) is 50.0 Å². The van der Waals surface area contributed by atoms with Gasteiger partial charge in [-0.2, -0.15) is 0 Å². The second kappa shape index (κ2) is 12.2. The highest BCUT2D eigenvalue weighted by Crippen LogP contribution is 2.33. The van der Waals surface area contributed by atoms with Crippen LogP contribution in [0.5, 0.6) is 11.5 Å². The highest BCUT2D eigenvalue weighted by Gasteiger charge is 2.37. The Bertz CT molecular complexity index is 1180. The number of piperidine rings is 1. The SMILES string of the molecule is O=C(CCCCCN1CCC(c2ccc(Oc3ccccc3)cc2)CC1)C1(c2ccccc2)C=CC=N1. The maximum atomic E-state index is 13.1. The van der Waals surface area contributed by atoms with Gasteiger partial charge in [-0.3, -0.25) is 9.79 Å². The molecule has 37 heavy (non-hydrogen) atoms. The van der Waals surface area contributed by atoms with Crippen LogP contribution >= 0.6 is 0 Å². The lowest BCUT2D eigenvalue weighted by Crippen LogP contribution is -2.33. The summed E-state index contributed by atoms with van der Waals surface area (Å²) >= 11 is 0. The molecule has 0 aromatic heterocycles. The fraction of sp³-hybridized carbons (Fsp3) is 0.333. The summed E-state index contributed by atoms with van der Waals surface area (Å²) < 4.78 is 5.93. The van der Waals surface area contributed by atoms with Gasteiger partial charge in [0.2, 0.25) is 0 Å². The first-order valence-corrected chi connectivity index (χ1v) is 13.6. The Morgan fingerprint density at radius 2 is 1.51 bits per heavy atom. The summed E-state index contributed by atoms with van der Waals surface area (Å²) in [4.78, 5) is 20.3. The summed E-state index contributed by atoms with van der Waals surface area (Å²) in [7, 11) is 0. The van der Waals surface area contributed by atoms with Crippen LogP contribution < -0.4 is 4.74 Å². The van der Waals surface area contributed by atoms with Crippen molar-refractivity contribution in [1.82, 2.24) is 4.90 Å². The summed E-state index contributed by atoms with van der Waals surface area (Å²) in [6, 6.07) is 28.5. The number of ether oxygens (including phenoxy) is 1. The van der Waals surface area contributed by atoms with Gasteiger partial charge in [-0.05, 0) is 98.8 Å². The number of aliphatic imine (C=N–C) groups is 1. The van der Waals surface area contributed by atoms with E-state index in [0.29, 0.717) is 12.3 Å². The van der Waals surface area contributed by atoms with Gasteiger partial charge in [-0.25, -0.2) is 0 Å². The molecule has 1 atom stereocenters. The molecule has 3 aromatic carbocycles. The Morgan fingerprint density at radius 1 is 0.838 bits per heavy atom. The Labute approximate surface area is 220 Å². The van der Waals surface area contributed by atoms with Crippen molar-refractivity contribution in [3.8, 4) is 11.5 Å². The number of likely N-dealkylation sites (tertiary alicyclic amines) is 1. The van der Waals surface area contributed by atoms with Crippen LogP contribution in [0.4, 0.5) is 0 Å². The number of rotatable bonds is 11. The number of Topliss-reactive ketones (excluding diaryl/α,β-unsaturated/α-hetero) is 1. The van der Waals surface area contributed by atoms with E-state index in [1.807, 2.05) is 72.8 Å². The molecule has 0 amide bonds. The number of nitrogens with zero attached hydrogens (tertiary/aromatic N) is 2. The number of carbonyl (C=O) groups is 1. The maximum absolute atomic E-state index is 13.1. The maximum Gasteiger partial charge on any atom is 0.168 e. The van der Waals surface area contributed by atoms with Crippen molar-refractivity contribution in [2.75, 3.05) is 19.6 Å². The number of benzene rings is 3. The van der Waals surface area contributed by atoms with Crippen LogP contribution in [0.3, 0.4) is 0 Å². The average Bonchev–Trinajstić information content (AvgIpc) is 3.46. The first-order chi connectivity index (χ1) is 18.2. The molecule has 0 saturated carbocycles. The topological polar surface area (TPSA) is 41.9 Å². The molecule has 2 aliphatic heterocycles. The summed E-state index contributed by atoms with van der Waals surface area (Å²) in [5.41, 5.74) is 1.57. The number of carbonyl (C=O) groups excluding carboxylic acids is 1. The van der Waals surface area contributed by atoms with Crippen LogP contribution in [-0.4, -0.2) is 36.5 Å². The highest BCUT2D eigenvalue weighted by atomic mass is 16.5. The molecule has 3 aromatic rings. The quantitative estimate of drug-likeness (QED) is 0.263. The van der Waals surface area contributed by atoms with Crippen molar-refractivity contribution < 1.29 is 9.53 Å². The monoisotopic (exact) mass is 492 g/mol. The molecule has 2 heterocycles. The summed E-state index contributed by atoms with van der Waals surface area (Å²) in [6.07, 6.45) is 11.7. The molecule has 2 aliphatic rings. The lowest BCUT2D eigenvalue weighted by Gasteiger charge is -2.32. The minimum Gasteiger partial charge on any atom is -0.457 e. The van der Waals surface area contributed by atoms with E-state index in [1.165, 1.54) is 18.4 Å². The average molecular weight is 493 g/mol. The van der Waals surface area contributed by atoms with E-state index >= 15 is 0 Å². The minimum atomic E-state index is -0.810. The van der Waals surface area contributed by atoms with Crippen LogP contribution in [0, 0.1) is 0 Å². The lowest BCUT2D eigenvalue weighted by atomic mass is 9.84. The van der Waals surface area contributed by atoms with E-state index < -0.39 is 5.54 Å². The van der Waals surface area contributed by atoms with Gasteiger partial charge in [0, 0.05) is 12.6 Å². The third-order valence-corrected chi connectivity index (χ3v) is 7.64. The lowest BCUT2D eigenvalue weighted by molar-refractivity contribution is -0.122. The molecular formula is C33H36N2O2. The molecule has 1 unspecified atom stereocenters. The Kier molecular flexibility index (Phi) is 8.27. The fourth-order valence-corrected chi connectivity index (χ4v) is 5.49. The molecular weight excluding hydrogens is 456 g/mol. The summed E-state index contributed by atoms with van der Waals surface area (Å²) in [6.45, 7) is 3.40. The van der Waals surface area contributed by atoms with Crippen LogP contribution in [0.15, 0.2) is 102 Å². The van der Waals surface area contributed by atoms with E-state index in [4.69, 9.17) is 4.74 Å². The van der Waals surface area contributed by atoms with E-state index in [-0.39, 0.29) is 5.78 Å². The Balaban J connectivity index is 1.01. The van der Waals surface area contributed by atoms with E-state index in [0.717, 1.165) is 56.0 Å². The fourth-order valence-electron chi connectivity index (χ4n) is 5.49. The van der Waals surface area contributed by atoms with Gasteiger partial charge >= 0.3 is 0 Å². The third kappa shape index (κ3) is 6.26. The van der Waals surface area contributed by atoms with Crippen molar-refractivity contribution in [3.05, 3.63) is 108 Å².